The van der Waals surface area contributed by atoms with E-state index in [2.05, 4.69) is 32.8 Å². The Bertz CT molecular complexity index is 1030. The first-order chi connectivity index (χ1) is 18.2. The molecule has 38 heavy (non-hydrogen) atoms. The Morgan fingerprint density at radius 2 is 1.79 bits per heavy atom. The molecule has 1 saturated carbocycles. The van der Waals surface area contributed by atoms with Gasteiger partial charge in [-0.25, -0.2) is 14.6 Å². The van der Waals surface area contributed by atoms with Gasteiger partial charge in [-0.2, -0.15) is 0 Å². The van der Waals surface area contributed by atoms with E-state index in [4.69, 9.17) is 14.5 Å². The Morgan fingerprint density at radius 1 is 1.11 bits per heavy atom. The zero-order valence-corrected chi connectivity index (χ0v) is 23.9. The summed E-state index contributed by atoms with van der Waals surface area (Å²) in [6.45, 7) is 11.4. The minimum atomic E-state index is -0.713. The van der Waals surface area contributed by atoms with Crippen molar-refractivity contribution < 1.29 is 23.8 Å². The zero-order valence-electron chi connectivity index (χ0n) is 23.0. The van der Waals surface area contributed by atoms with E-state index in [-0.39, 0.29) is 12.2 Å². The van der Waals surface area contributed by atoms with Crippen LogP contribution >= 0.6 is 11.3 Å². The van der Waals surface area contributed by atoms with Crippen LogP contribution in [0.5, 0.6) is 0 Å². The van der Waals surface area contributed by atoms with Gasteiger partial charge in [-0.3, -0.25) is 10.2 Å². The maximum Gasteiger partial charge on any atom is 0.411 e. The number of benzene rings is 1. The van der Waals surface area contributed by atoms with E-state index in [0.717, 1.165) is 38.5 Å². The van der Waals surface area contributed by atoms with Crippen LogP contribution in [0.1, 0.15) is 76.3 Å². The quantitative estimate of drug-likeness (QED) is 0.429. The number of ether oxygens (including phenoxy) is 3. The van der Waals surface area contributed by atoms with Gasteiger partial charge in [0.2, 0.25) is 0 Å². The highest BCUT2D eigenvalue weighted by Gasteiger charge is 2.21. The monoisotopic (exact) mass is 546 g/mol. The van der Waals surface area contributed by atoms with E-state index in [1.165, 1.54) is 53.1 Å². The van der Waals surface area contributed by atoms with Crippen molar-refractivity contribution in [2.75, 3.05) is 31.6 Å². The molecular formula is C28H42N4O5S. The van der Waals surface area contributed by atoms with Gasteiger partial charge in [-0.15, -0.1) is 11.3 Å². The number of hydrogen-bond donors (Lipinski definition) is 2. The molecule has 2 fully saturated rings. The molecule has 2 heterocycles. The largest absolute Gasteiger partial charge is 0.447 e. The second kappa shape index (κ2) is 15.0. The number of hydrogen-bond acceptors (Lipinski definition) is 8. The maximum atomic E-state index is 12.1. The van der Waals surface area contributed by atoms with E-state index in [1.54, 1.807) is 13.8 Å². The molecular weight excluding hydrogens is 504 g/mol. The van der Waals surface area contributed by atoms with Gasteiger partial charge in [0.1, 0.15) is 0 Å². The number of carbonyl (C=O) groups excluding carboxylic acids is 2. The molecule has 2 aromatic rings. The van der Waals surface area contributed by atoms with Crippen molar-refractivity contribution in [2.24, 2.45) is 5.73 Å². The van der Waals surface area contributed by atoms with Crippen LogP contribution in [0.2, 0.25) is 0 Å². The molecule has 2 amide bonds. The SMILES string of the molecule is CC(C)OC(=O)Nc1ccc(-c2cnc(C3CCCCC3)s2)c(CN2CCOCC2)c1.CC(C)OC(N)=O. The summed E-state index contributed by atoms with van der Waals surface area (Å²) in [4.78, 5) is 30.3. The van der Waals surface area contributed by atoms with Gasteiger partial charge in [-0.05, 0) is 63.8 Å². The Kier molecular flexibility index (Phi) is 11.8. The van der Waals surface area contributed by atoms with E-state index in [0.29, 0.717) is 5.92 Å². The van der Waals surface area contributed by atoms with Gasteiger partial charge in [0, 0.05) is 37.4 Å². The lowest BCUT2D eigenvalue weighted by atomic mass is 9.90. The number of rotatable bonds is 7. The number of amides is 2. The second-order valence-corrected chi connectivity index (χ2v) is 11.3. The molecule has 0 spiro atoms. The first kappa shape index (κ1) is 29.9. The molecule has 1 aromatic carbocycles. The molecule has 1 aliphatic heterocycles. The van der Waals surface area contributed by atoms with E-state index in [1.807, 2.05) is 37.4 Å². The molecule has 0 unspecified atom stereocenters. The molecule has 1 aliphatic carbocycles. The van der Waals surface area contributed by atoms with Gasteiger partial charge in [-0.1, -0.05) is 25.3 Å². The van der Waals surface area contributed by atoms with Crippen molar-refractivity contribution in [1.29, 1.82) is 0 Å². The predicted octanol–water partition coefficient (Wildman–Crippen LogP) is 6.14. The maximum absolute atomic E-state index is 12.1. The van der Waals surface area contributed by atoms with Gasteiger partial charge < -0.3 is 19.9 Å². The Morgan fingerprint density at radius 3 is 2.39 bits per heavy atom. The highest BCUT2D eigenvalue weighted by Crippen LogP contribution is 2.39. The van der Waals surface area contributed by atoms with Gasteiger partial charge in [0.25, 0.3) is 0 Å². The highest BCUT2D eigenvalue weighted by atomic mass is 32.1. The molecule has 1 saturated heterocycles. The van der Waals surface area contributed by atoms with Crippen molar-refractivity contribution in [3.63, 3.8) is 0 Å². The van der Waals surface area contributed by atoms with E-state index in [9.17, 15) is 9.59 Å². The molecule has 9 nitrogen and oxygen atoms in total. The van der Waals surface area contributed by atoms with Gasteiger partial charge >= 0.3 is 12.2 Å². The highest BCUT2D eigenvalue weighted by molar-refractivity contribution is 7.15. The predicted molar refractivity (Wildman–Crippen MR) is 151 cm³/mol. The summed E-state index contributed by atoms with van der Waals surface area (Å²) in [6.07, 6.45) is 7.15. The van der Waals surface area contributed by atoms with Crippen molar-refractivity contribution in [3.05, 3.63) is 35.0 Å². The van der Waals surface area contributed by atoms with Crippen molar-refractivity contribution in [1.82, 2.24) is 9.88 Å². The van der Waals surface area contributed by atoms with E-state index < -0.39 is 12.2 Å². The fourth-order valence-corrected chi connectivity index (χ4v) is 5.73. The number of nitrogens with zero attached hydrogens (tertiary/aromatic N) is 2. The number of thiazole rings is 1. The lowest BCUT2D eigenvalue weighted by Gasteiger charge is -2.27. The molecule has 4 rings (SSSR count). The molecule has 0 radical (unpaired) electrons. The summed E-state index contributed by atoms with van der Waals surface area (Å²) in [5, 5.41) is 4.14. The van der Waals surface area contributed by atoms with Crippen molar-refractivity contribution in [3.8, 4) is 10.4 Å². The molecule has 0 atom stereocenters. The summed E-state index contributed by atoms with van der Waals surface area (Å²) < 4.78 is 15.1. The summed E-state index contributed by atoms with van der Waals surface area (Å²) >= 11 is 1.83. The van der Waals surface area contributed by atoms with Crippen LogP contribution < -0.4 is 11.1 Å². The topological polar surface area (TPSA) is 116 Å². The molecule has 2 aliphatic rings. The Labute approximate surface area is 230 Å². The molecule has 0 bridgehead atoms. The zero-order chi connectivity index (χ0) is 27.5. The average molecular weight is 547 g/mol. The van der Waals surface area contributed by atoms with Crippen molar-refractivity contribution >= 4 is 29.2 Å². The summed E-state index contributed by atoms with van der Waals surface area (Å²) in [5.74, 6) is 0.613. The molecule has 1 aromatic heterocycles. The van der Waals surface area contributed by atoms with Crippen molar-refractivity contribution in [2.45, 2.75) is 84.5 Å². The summed E-state index contributed by atoms with van der Waals surface area (Å²) in [6, 6.07) is 6.14. The summed E-state index contributed by atoms with van der Waals surface area (Å²) in [5.41, 5.74) is 7.79. The van der Waals surface area contributed by atoms with Crippen LogP contribution in [0.3, 0.4) is 0 Å². The van der Waals surface area contributed by atoms with Gasteiger partial charge in [0.15, 0.2) is 0 Å². The number of nitrogens with two attached hydrogens (primary N) is 1. The average Bonchev–Trinajstić information content (AvgIpc) is 3.34. The lowest BCUT2D eigenvalue weighted by molar-refractivity contribution is 0.0342. The van der Waals surface area contributed by atoms with Crippen LogP contribution in [0.25, 0.3) is 10.4 Å². The molecule has 3 N–H and O–H groups in total. The summed E-state index contributed by atoms with van der Waals surface area (Å²) in [7, 11) is 0. The minimum absolute atomic E-state index is 0.0995. The first-order valence-corrected chi connectivity index (χ1v) is 14.4. The molecule has 10 heteroatoms. The normalized spacial score (nSPS) is 16.6. The Balaban J connectivity index is 0.000000505. The van der Waals surface area contributed by atoms with Crippen LogP contribution in [0, 0.1) is 0 Å². The third-order valence-corrected chi connectivity index (χ3v) is 7.48. The lowest BCUT2D eigenvalue weighted by Crippen LogP contribution is -2.35. The van der Waals surface area contributed by atoms with Crippen LogP contribution in [0.15, 0.2) is 24.4 Å². The first-order valence-electron chi connectivity index (χ1n) is 13.5. The third-order valence-electron chi connectivity index (χ3n) is 6.29. The standard InChI is InChI=1S/C24H33N3O3S.C4H9NO2/c1-17(2)30-24(28)26-20-8-9-21(19(14-20)16-27-10-12-29-13-11-27)22-15-25-23(31-22)18-6-4-3-5-7-18;1-3(2)7-4(5)6/h8-9,14-15,17-18H,3-7,10-13,16H2,1-2H3,(H,26,28);3H,1-2H3,(H2,5,6). The fraction of sp³-hybridized carbons (Fsp3) is 0.607. The molecule has 210 valence electrons. The Hall–Kier alpha value is -2.69. The number of morpholine rings is 1. The van der Waals surface area contributed by atoms with Crippen LogP contribution in [0.4, 0.5) is 15.3 Å². The third kappa shape index (κ3) is 9.89. The smallest absolute Gasteiger partial charge is 0.411 e. The van der Waals surface area contributed by atoms with Crippen LogP contribution in [-0.2, 0) is 20.8 Å². The number of primary amides is 1. The van der Waals surface area contributed by atoms with E-state index >= 15 is 0 Å². The van der Waals surface area contributed by atoms with Crippen LogP contribution in [-0.4, -0.2) is 60.6 Å². The fourth-order valence-electron chi connectivity index (χ4n) is 4.59. The minimum Gasteiger partial charge on any atom is -0.447 e. The number of anilines is 1. The number of carbonyl (C=O) groups is 2. The second-order valence-electron chi connectivity index (χ2n) is 10.2. The number of aromatic nitrogens is 1. The van der Waals surface area contributed by atoms with Gasteiger partial charge in [0.05, 0.1) is 35.3 Å². The number of nitrogens with one attached hydrogen (secondary N) is 1.